The number of fused-ring (bicyclic) bond motifs is 1. The summed E-state index contributed by atoms with van der Waals surface area (Å²) in [6, 6.07) is 7.58. The number of benzene rings is 1. The minimum atomic E-state index is -1.13. The van der Waals surface area contributed by atoms with Crippen LogP contribution in [0.1, 0.15) is 97.8 Å². The van der Waals surface area contributed by atoms with Gasteiger partial charge in [-0.2, -0.15) is 0 Å². The molecule has 1 aromatic heterocycles. The van der Waals surface area contributed by atoms with Crippen molar-refractivity contribution in [3.8, 4) is 0 Å². The summed E-state index contributed by atoms with van der Waals surface area (Å²) in [5.74, 6) is 0.514. The number of aliphatic hydroxyl groups excluding tert-OH is 2. The molecule has 0 aliphatic heterocycles. The van der Waals surface area contributed by atoms with E-state index in [9.17, 15) is 10.2 Å². The Morgan fingerprint density at radius 3 is 2.09 bits per heavy atom. The van der Waals surface area contributed by atoms with Gasteiger partial charge in [0.1, 0.15) is 10.9 Å². The lowest BCUT2D eigenvalue weighted by molar-refractivity contribution is 0.207. The minimum Gasteiger partial charge on any atom is -0.502 e. The molecule has 184 valence electrons. The zero-order valence-electron chi connectivity index (χ0n) is 20.7. The van der Waals surface area contributed by atoms with Crippen LogP contribution in [0.2, 0.25) is 0 Å². The summed E-state index contributed by atoms with van der Waals surface area (Å²) < 4.78 is 6.24. The van der Waals surface area contributed by atoms with E-state index in [0.29, 0.717) is 36.2 Å². The molecule has 2 N–H and O–H groups in total. The molecule has 0 aliphatic rings. The monoisotopic (exact) mass is 491 g/mol. The molecule has 1 heterocycles. The van der Waals surface area contributed by atoms with Crippen molar-refractivity contribution in [2.75, 3.05) is 0 Å². The van der Waals surface area contributed by atoms with Gasteiger partial charge in [0.05, 0.1) is 0 Å². The molecule has 0 aliphatic carbocycles. The highest BCUT2D eigenvalue weighted by atomic mass is 32.1. The normalized spacial score (nSPS) is 16.2. The summed E-state index contributed by atoms with van der Waals surface area (Å²) in [5, 5.41) is 21.7. The van der Waals surface area contributed by atoms with E-state index in [4.69, 9.17) is 33.8 Å². The molecule has 0 radical (unpaired) electrons. The van der Waals surface area contributed by atoms with Gasteiger partial charge in [-0.25, -0.2) is 4.98 Å². The molecule has 2 rings (SSSR count). The van der Waals surface area contributed by atoms with Crippen molar-refractivity contribution >= 4 is 45.6 Å². The average molecular weight is 492 g/mol. The fourth-order valence-electron chi connectivity index (χ4n) is 5.00. The molecule has 1 aromatic carbocycles. The van der Waals surface area contributed by atoms with E-state index in [2.05, 4.69) is 27.7 Å². The van der Waals surface area contributed by atoms with Gasteiger partial charge in [0.15, 0.2) is 15.7 Å². The van der Waals surface area contributed by atoms with E-state index in [1.54, 1.807) is 0 Å². The molecule has 4 unspecified atom stereocenters. The molecular formula is C27H41NO3S2. The summed E-state index contributed by atoms with van der Waals surface area (Å²) in [7, 11) is 0. The van der Waals surface area contributed by atoms with Crippen molar-refractivity contribution < 1.29 is 14.6 Å². The number of hydrogen-bond acceptors (Lipinski definition) is 4. The van der Waals surface area contributed by atoms with Gasteiger partial charge in [-0.1, -0.05) is 91.2 Å². The Bertz CT molecular complexity index is 863. The first-order valence-electron chi connectivity index (χ1n) is 12.7. The maximum absolute atomic E-state index is 11.2. The van der Waals surface area contributed by atoms with Crippen molar-refractivity contribution in [3.63, 3.8) is 0 Å². The Balaban J connectivity index is 2.64. The van der Waals surface area contributed by atoms with Gasteiger partial charge < -0.3 is 14.6 Å². The van der Waals surface area contributed by atoms with Crippen molar-refractivity contribution in [2.45, 2.75) is 97.3 Å². The van der Waals surface area contributed by atoms with Gasteiger partial charge in [-0.05, 0) is 61.2 Å². The van der Waals surface area contributed by atoms with Crippen LogP contribution in [0.15, 0.2) is 28.7 Å². The van der Waals surface area contributed by atoms with Crippen LogP contribution in [0.4, 0.5) is 0 Å². The van der Waals surface area contributed by atoms with Crippen LogP contribution in [0, 0.1) is 17.8 Å². The van der Waals surface area contributed by atoms with Gasteiger partial charge in [0, 0.05) is 5.92 Å². The van der Waals surface area contributed by atoms with Crippen molar-refractivity contribution in [3.05, 3.63) is 30.2 Å². The lowest BCUT2D eigenvalue weighted by Gasteiger charge is -2.39. The minimum absolute atomic E-state index is 0.117. The zero-order chi connectivity index (χ0) is 24.4. The maximum atomic E-state index is 11.2. The Hall–Kier alpha value is -1.53. The van der Waals surface area contributed by atoms with Gasteiger partial charge in [0.2, 0.25) is 5.89 Å². The molecule has 0 fully saturated rings. The van der Waals surface area contributed by atoms with Crippen molar-refractivity contribution in [1.29, 1.82) is 0 Å². The molecule has 0 bridgehead atoms. The maximum Gasteiger partial charge on any atom is 0.211 e. The molecule has 2 aromatic rings. The van der Waals surface area contributed by atoms with Crippen molar-refractivity contribution in [1.82, 2.24) is 4.98 Å². The van der Waals surface area contributed by atoms with Crippen LogP contribution >= 0.6 is 24.4 Å². The predicted octanol–water partition coefficient (Wildman–Crippen LogP) is 8.67. The fraction of sp³-hybridized carbons (Fsp3) is 0.667. The van der Waals surface area contributed by atoms with Crippen LogP contribution < -0.4 is 0 Å². The van der Waals surface area contributed by atoms with E-state index in [0.717, 1.165) is 56.9 Å². The average Bonchev–Trinajstić information content (AvgIpc) is 3.24. The third-order valence-corrected chi connectivity index (χ3v) is 7.87. The van der Waals surface area contributed by atoms with E-state index in [-0.39, 0.29) is 10.1 Å². The molecule has 0 saturated heterocycles. The first-order chi connectivity index (χ1) is 15.8. The lowest BCUT2D eigenvalue weighted by Crippen LogP contribution is -2.48. The second-order valence-electron chi connectivity index (χ2n) is 9.43. The number of aromatic nitrogens is 1. The van der Waals surface area contributed by atoms with Crippen LogP contribution in [0.25, 0.3) is 11.1 Å². The molecule has 0 spiro atoms. The van der Waals surface area contributed by atoms with Gasteiger partial charge >= 0.3 is 0 Å². The fourth-order valence-corrected chi connectivity index (χ4v) is 5.61. The Kier molecular flexibility index (Phi) is 11.2. The van der Waals surface area contributed by atoms with E-state index in [1.165, 1.54) is 0 Å². The zero-order valence-corrected chi connectivity index (χ0v) is 22.3. The predicted molar refractivity (Wildman–Crippen MR) is 145 cm³/mol. The molecule has 4 atom stereocenters. The second kappa shape index (κ2) is 13.4. The summed E-state index contributed by atoms with van der Waals surface area (Å²) >= 11 is 11.0. The number of para-hydroxylation sites is 2. The third kappa shape index (κ3) is 6.75. The Labute approximate surface area is 210 Å². The number of unbranched alkanes of at least 4 members (excludes halogenated alkanes) is 2. The highest BCUT2D eigenvalue weighted by molar-refractivity contribution is 7.80. The Morgan fingerprint density at radius 1 is 0.970 bits per heavy atom. The topological polar surface area (TPSA) is 66.5 Å². The third-order valence-electron chi connectivity index (χ3n) is 7.22. The quantitative estimate of drug-likeness (QED) is 0.229. The summed E-state index contributed by atoms with van der Waals surface area (Å²) in [6.07, 6.45) is 9.66. The Morgan fingerprint density at radius 2 is 1.58 bits per heavy atom. The molecule has 33 heavy (non-hydrogen) atoms. The SMILES string of the molecule is CCCCC(CC)CC(C(O)=S)C(CC(CC)CCCC)(C(O)=S)c1nc2ccccc2o1. The summed E-state index contributed by atoms with van der Waals surface area (Å²) in [5.41, 5.74) is 0.236. The highest BCUT2D eigenvalue weighted by Gasteiger charge is 2.52. The molecule has 4 nitrogen and oxygen atoms in total. The number of oxazole rings is 1. The van der Waals surface area contributed by atoms with Crippen LogP contribution in [0.3, 0.4) is 0 Å². The van der Waals surface area contributed by atoms with E-state index in [1.807, 2.05) is 24.3 Å². The number of nitrogens with zero attached hydrogens (tertiary/aromatic N) is 1. The lowest BCUT2D eigenvalue weighted by atomic mass is 9.65. The molecule has 0 amide bonds. The largest absolute Gasteiger partial charge is 0.502 e. The van der Waals surface area contributed by atoms with E-state index >= 15 is 0 Å². The first kappa shape index (κ1) is 27.7. The summed E-state index contributed by atoms with van der Waals surface area (Å²) in [6.45, 7) is 8.71. The standard InChI is InChI=1S/C27H41NO3S2/c1-5-9-13-19(7-3)17-21(24(29)32)27(26(30)33,18-20(8-4)14-10-6-2)25-28-22-15-11-12-16-23(22)31-25/h11-12,15-16,19-21H,5-10,13-14,17-18H2,1-4H3,(H,29,32)(H,30,33). The number of rotatable bonds is 16. The summed E-state index contributed by atoms with van der Waals surface area (Å²) in [4.78, 5) is 4.79. The van der Waals surface area contributed by atoms with E-state index < -0.39 is 11.3 Å². The van der Waals surface area contributed by atoms with Crippen LogP contribution in [0.5, 0.6) is 0 Å². The van der Waals surface area contributed by atoms with Crippen LogP contribution in [-0.2, 0) is 5.41 Å². The smallest absolute Gasteiger partial charge is 0.211 e. The van der Waals surface area contributed by atoms with Crippen LogP contribution in [-0.4, -0.2) is 25.3 Å². The highest BCUT2D eigenvalue weighted by Crippen LogP contribution is 2.46. The number of hydrogen-bond donors (Lipinski definition) is 2. The molecule has 6 heteroatoms. The number of thiocarbonyl (C=S) groups is 2. The number of aliphatic hydroxyl groups is 2. The second-order valence-corrected chi connectivity index (χ2v) is 10.2. The molecular weight excluding hydrogens is 450 g/mol. The van der Waals surface area contributed by atoms with Crippen molar-refractivity contribution in [2.24, 2.45) is 17.8 Å². The molecule has 0 saturated carbocycles. The van der Waals surface area contributed by atoms with Gasteiger partial charge in [-0.3, -0.25) is 0 Å². The van der Waals surface area contributed by atoms with Gasteiger partial charge in [0.25, 0.3) is 0 Å². The first-order valence-corrected chi connectivity index (χ1v) is 13.5. The van der Waals surface area contributed by atoms with Gasteiger partial charge in [-0.15, -0.1) is 0 Å².